The molecule has 3 unspecified atom stereocenters. The van der Waals surface area contributed by atoms with Crippen LogP contribution < -0.4 is 0 Å². The molecular formula is C24H39O13P. The topological polar surface area (TPSA) is 184 Å². The first kappa shape index (κ1) is 35.6. The van der Waals surface area contributed by atoms with Crippen LogP contribution in [0, 0.1) is 0 Å². The van der Waals surface area contributed by atoms with Gasteiger partial charge in [-0.3, -0.25) is 13.6 Å². The Morgan fingerprint density at radius 3 is 1.03 bits per heavy atom. The summed E-state index contributed by atoms with van der Waals surface area (Å²) >= 11 is 0. The Hall–Kier alpha value is -2.38. The fourth-order valence-electron chi connectivity index (χ4n) is 2.59. The molecule has 218 valence electrons. The van der Waals surface area contributed by atoms with Crippen LogP contribution in [0.4, 0.5) is 0 Å². The largest absolute Gasteiger partial charge is 0.475 e. The Labute approximate surface area is 222 Å². The summed E-state index contributed by atoms with van der Waals surface area (Å²) < 4.78 is 43.3. The standard InChI is InChI=1S/C24H39O13P/c1-16(13-19(4)25)22(28)32-7-10-35-38(31,36-11-8-33-23(29)17(2)14-20(5)26)37-12-9-34-24(30)18(3)15-21(6)27/h13-15,19-21,25-27H,7-12H2,1-6H3/b16-13+,17-14+,18-15+. The van der Waals surface area contributed by atoms with Crippen molar-refractivity contribution in [1.29, 1.82) is 0 Å². The van der Waals surface area contributed by atoms with Crippen LogP contribution in [0.1, 0.15) is 41.5 Å². The molecule has 3 N–H and O–H groups in total. The van der Waals surface area contributed by atoms with Gasteiger partial charge in [0.25, 0.3) is 0 Å². The highest BCUT2D eigenvalue weighted by molar-refractivity contribution is 7.48. The van der Waals surface area contributed by atoms with E-state index < -0.39 is 63.9 Å². The van der Waals surface area contributed by atoms with E-state index in [9.17, 15) is 34.3 Å². The number of esters is 3. The van der Waals surface area contributed by atoms with Crippen LogP contribution in [-0.2, 0) is 46.7 Å². The Bertz CT molecular complexity index is 789. The number of carbonyl (C=O) groups is 3. The normalized spacial score (nSPS) is 16.7. The van der Waals surface area contributed by atoms with Crippen molar-refractivity contribution < 1.29 is 62.1 Å². The molecule has 0 fully saturated rings. The van der Waals surface area contributed by atoms with Gasteiger partial charge in [0, 0.05) is 16.7 Å². The van der Waals surface area contributed by atoms with E-state index in [0.29, 0.717) is 0 Å². The SMILES string of the molecule is C/C(=C\C(C)O)C(=O)OCCOP(=O)(OCCOC(=O)/C(C)=C/C(C)O)OCCOC(=O)/C(C)=C/C(C)O. The van der Waals surface area contributed by atoms with Crippen molar-refractivity contribution in [2.24, 2.45) is 0 Å². The fourth-order valence-corrected chi connectivity index (χ4v) is 3.71. The van der Waals surface area contributed by atoms with Crippen LogP contribution in [0.15, 0.2) is 34.9 Å². The number of phosphoric ester groups is 1. The number of aliphatic hydroxyl groups excluding tert-OH is 3. The molecule has 14 heteroatoms. The number of phosphoric acid groups is 1. The third-order valence-electron chi connectivity index (χ3n) is 4.14. The molecule has 0 radical (unpaired) electrons. The predicted molar refractivity (Wildman–Crippen MR) is 135 cm³/mol. The summed E-state index contributed by atoms with van der Waals surface area (Å²) in [6.45, 7) is 6.61. The number of hydrogen-bond donors (Lipinski definition) is 3. The van der Waals surface area contributed by atoms with Gasteiger partial charge in [-0.2, -0.15) is 0 Å². The molecule has 0 rings (SSSR count). The molecule has 13 nitrogen and oxygen atoms in total. The fraction of sp³-hybridized carbons (Fsp3) is 0.625. The summed E-state index contributed by atoms with van der Waals surface area (Å²) in [5.41, 5.74) is 0.498. The van der Waals surface area contributed by atoms with Crippen molar-refractivity contribution in [1.82, 2.24) is 0 Å². The minimum Gasteiger partial charge on any atom is -0.460 e. The molecule has 0 bridgehead atoms. The highest BCUT2D eigenvalue weighted by atomic mass is 31.2. The molecule has 0 spiro atoms. The highest BCUT2D eigenvalue weighted by Crippen LogP contribution is 2.49. The van der Waals surface area contributed by atoms with Gasteiger partial charge in [-0.1, -0.05) is 0 Å². The van der Waals surface area contributed by atoms with E-state index in [1.807, 2.05) is 0 Å². The van der Waals surface area contributed by atoms with E-state index in [0.717, 1.165) is 0 Å². The average Bonchev–Trinajstić information content (AvgIpc) is 2.80. The van der Waals surface area contributed by atoms with E-state index >= 15 is 0 Å². The highest BCUT2D eigenvalue weighted by Gasteiger charge is 2.27. The first-order chi connectivity index (χ1) is 17.7. The molecule has 0 saturated heterocycles. The zero-order chi connectivity index (χ0) is 29.3. The quantitative estimate of drug-likeness (QED) is 0.0717. The Morgan fingerprint density at radius 1 is 0.579 bits per heavy atom. The summed E-state index contributed by atoms with van der Waals surface area (Å²) in [6.07, 6.45) is 1.34. The second-order valence-corrected chi connectivity index (χ2v) is 9.79. The van der Waals surface area contributed by atoms with Crippen LogP contribution in [0.5, 0.6) is 0 Å². The monoisotopic (exact) mass is 566 g/mol. The van der Waals surface area contributed by atoms with Gasteiger partial charge in [0.15, 0.2) is 0 Å². The van der Waals surface area contributed by atoms with Gasteiger partial charge >= 0.3 is 25.7 Å². The summed E-state index contributed by atoms with van der Waals surface area (Å²) in [5, 5.41) is 27.9. The zero-order valence-electron chi connectivity index (χ0n) is 22.6. The number of hydrogen-bond acceptors (Lipinski definition) is 13. The first-order valence-corrected chi connectivity index (χ1v) is 13.3. The van der Waals surface area contributed by atoms with Gasteiger partial charge in [0.2, 0.25) is 0 Å². The molecular weight excluding hydrogens is 527 g/mol. The van der Waals surface area contributed by atoms with Crippen LogP contribution >= 0.6 is 7.82 Å². The summed E-state index contributed by atoms with van der Waals surface area (Å²) in [6, 6.07) is 0. The van der Waals surface area contributed by atoms with Gasteiger partial charge < -0.3 is 29.5 Å². The molecule has 0 aromatic carbocycles. The Kier molecular flexibility index (Phi) is 17.6. The minimum atomic E-state index is -4.28. The minimum absolute atomic E-state index is 0.166. The van der Waals surface area contributed by atoms with Crippen LogP contribution in [0.25, 0.3) is 0 Å². The molecule has 0 aromatic rings. The maximum atomic E-state index is 13.0. The van der Waals surface area contributed by atoms with E-state index in [4.69, 9.17) is 27.8 Å². The first-order valence-electron chi connectivity index (χ1n) is 11.8. The Balaban J connectivity index is 4.93. The third-order valence-corrected chi connectivity index (χ3v) is 5.63. The van der Waals surface area contributed by atoms with Gasteiger partial charge in [-0.25, -0.2) is 18.9 Å². The number of carbonyl (C=O) groups excluding carboxylic acids is 3. The summed E-state index contributed by atoms with van der Waals surface area (Å²) in [5.74, 6) is -2.15. The lowest BCUT2D eigenvalue weighted by Crippen LogP contribution is -2.16. The molecule has 0 aliphatic rings. The van der Waals surface area contributed by atoms with E-state index in [1.165, 1.54) is 59.8 Å². The maximum absolute atomic E-state index is 13.0. The maximum Gasteiger partial charge on any atom is 0.475 e. The van der Waals surface area contributed by atoms with Crippen LogP contribution in [-0.4, -0.2) is 91.2 Å². The molecule has 0 saturated carbocycles. The van der Waals surface area contributed by atoms with Crippen molar-refractivity contribution in [3.05, 3.63) is 34.9 Å². The van der Waals surface area contributed by atoms with Crippen molar-refractivity contribution in [3.63, 3.8) is 0 Å². The second-order valence-electron chi connectivity index (χ2n) is 8.13. The molecule has 38 heavy (non-hydrogen) atoms. The van der Waals surface area contributed by atoms with Crippen molar-refractivity contribution in [3.8, 4) is 0 Å². The van der Waals surface area contributed by atoms with Crippen LogP contribution in [0.3, 0.4) is 0 Å². The van der Waals surface area contributed by atoms with Gasteiger partial charge in [-0.15, -0.1) is 0 Å². The van der Waals surface area contributed by atoms with E-state index in [1.54, 1.807) is 0 Å². The molecule has 0 heterocycles. The van der Waals surface area contributed by atoms with Crippen molar-refractivity contribution >= 4 is 25.7 Å². The molecule has 3 atom stereocenters. The van der Waals surface area contributed by atoms with Gasteiger partial charge in [0.05, 0.1) is 38.1 Å². The lowest BCUT2D eigenvalue weighted by Gasteiger charge is -2.18. The third kappa shape index (κ3) is 17.2. The number of ether oxygens (including phenoxy) is 3. The lowest BCUT2D eigenvalue weighted by atomic mass is 10.2. The zero-order valence-corrected chi connectivity index (χ0v) is 23.5. The lowest BCUT2D eigenvalue weighted by molar-refractivity contribution is -0.140. The smallest absolute Gasteiger partial charge is 0.460 e. The number of rotatable bonds is 18. The van der Waals surface area contributed by atoms with E-state index in [-0.39, 0.29) is 36.5 Å². The summed E-state index contributed by atoms with van der Waals surface area (Å²) in [7, 11) is -4.28. The average molecular weight is 567 g/mol. The Morgan fingerprint density at radius 2 is 0.816 bits per heavy atom. The molecule has 0 aliphatic heterocycles. The van der Waals surface area contributed by atoms with Crippen molar-refractivity contribution in [2.45, 2.75) is 59.9 Å². The molecule has 0 amide bonds. The van der Waals surface area contributed by atoms with Crippen molar-refractivity contribution in [2.75, 3.05) is 39.6 Å². The second kappa shape index (κ2) is 18.8. The molecule has 0 aliphatic carbocycles. The van der Waals surface area contributed by atoms with E-state index in [2.05, 4.69) is 0 Å². The van der Waals surface area contributed by atoms with Gasteiger partial charge in [-0.05, 0) is 59.8 Å². The molecule has 0 aromatic heterocycles. The van der Waals surface area contributed by atoms with Crippen LogP contribution in [0.2, 0.25) is 0 Å². The summed E-state index contributed by atoms with van der Waals surface area (Å²) in [4.78, 5) is 35.6. The predicted octanol–water partition coefficient (Wildman–Crippen LogP) is 1.76. The number of aliphatic hydroxyl groups is 3. The van der Waals surface area contributed by atoms with Gasteiger partial charge in [0.1, 0.15) is 19.8 Å².